The molecular formula is C14H21F3N2S. The number of rotatable bonds is 6. The molecule has 2 rings (SSSR count). The van der Waals surface area contributed by atoms with Gasteiger partial charge in [-0.05, 0) is 43.2 Å². The first-order valence-electron chi connectivity index (χ1n) is 6.95. The van der Waals surface area contributed by atoms with Crippen LogP contribution in [0, 0.1) is 6.92 Å². The van der Waals surface area contributed by atoms with E-state index in [9.17, 15) is 13.2 Å². The third kappa shape index (κ3) is 3.74. The van der Waals surface area contributed by atoms with Crippen LogP contribution in [-0.4, -0.2) is 29.7 Å². The lowest BCUT2D eigenvalue weighted by Gasteiger charge is -2.36. The first-order valence-corrected chi connectivity index (χ1v) is 7.83. The van der Waals surface area contributed by atoms with Crippen molar-refractivity contribution in [1.29, 1.82) is 0 Å². The Hall–Kier alpha value is -0.590. The normalized spacial score (nSPS) is 19.4. The Balaban J connectivity index is 2.30. The zero-order valence-corrected chi connectivity index (χ0v) is 12.6. The summed E-state index contributed by atoms with van der Waals surface area (Å²) in [5.74, 6) is 0. The lowest BCUT2D eigenvalue weighted by atomic mass is 10.00. The molecule has 2 atom stereocenters. The molecule has 2 N–H and O–H groups in total. The first-order chi connectivity index (χ1) is 9.33. The predicted molar refractivity (Wildman–Crippen MR) is 75.8 cm³/mol. The van der Waals surface area contributed by atoms with Gasteiger partial charge in [0.2, 0.25) is 0 Å². The number of nitrogens with two attached hydrogens (primary N) is 1. The van der Waals surface area contributed by atoms with Crippen LogP contribution in [0.25, 0.3) is 0 Å². The highest BCUT2D eigenvalue weighted by molar-refractivity contribution is 7.10. The fourth-order valence-electron chi connectivity index (χ4n) is 2.57. The second-order valence-corrected chi connectivity index (χ2v) is 6.45. The molecule has 1 aliphatic rings. The molecule has 0 radical (unpaired) electrons. The largest absolute Gasteiger partial charge is 0.401 e. The lowest BCUT2D eigenvalue weighted by Crippen LogP contribution is -2.46. The van der Waals surface area contributed by atoms with Crippen molar-refractivity contribution in [3.8, 4) is 0 Å². The van der Waals surface area contributed by atoms with Crippen molar-refractivity contribution in [3.63, 3.8) is 0 Å². The molecule has 1 heterocycles. The molecule has 6 heteroatoms. The summed E-state index contributed by atoms with van der Waals surface area (Å²) in [7, 11) is 0. The minimum atomic E-state index is -4.18. The van der Waals surface area contributed by atoms with Crippen molar-refractivity contribution >= 4 is 11.3 Å². The summed E-state index contributed by atoms with van der Waals surface area (Å²) in [5.41, 5.74) is 7.20. The van der Waals surface area contributed by atoms with Gasteiger partial charge in [0.15, 0.2) is 0 Å². The molecule has 2 unspecified atom stereocenters. The number of halogens is 3. The van der Waals surface area contributed by atoms with Crippen LogP contribution in [0.3, 0.4) is 0 Å². The Bertz CT molecular complexity index is 440. The van der Waals surface area contributed by atoms with Gasteiger partial charge in [-0.3, -0.25) is 4.90 Å². The van der Waals surface area contributed by atoms with Gasteiger partial charge in [0.25, 0.3) is 0 Å². The number of alkyl halides is 3. The van der Waals surface area contributed by atoms with E-state index in [2.05, 4.69) is 0 Å². The number of nitrogens with zero attached hydrogens (tertiary/aromatic N) is 1. The maximum atomic E-state index is 12.9. The molecule has 1 aliphatic carbocycles. The van der Waals surface area contributed by atoms with Gasteiger partial charge in [0, 0.05) is 17.0 Å². The Morgan fingerprint density at radius 3 is 2.50 bits per heavy atom. The van der Waals surface area contributed by atoms with E-state index in [0.29, 0.717) is 6.42 Å². The lowest BCUT2D eigenvalue weighted by molar-refractivity contribution is -0.153. The van der Waals surface area contributed by atoms with E-state index in [1.807, 2.05) is 25.3 Å². The second-order valence-electron chi connectivity index (χ2n) is 5.50. The van der Waals surface area contributed by atoms with Crippen molar-refractivity contribution in [3.05, 3.63) is 21.9 Å². The Morgan fingerprint density at radius 1 is 1.45 bits per heavy atom. The van der Waals surface area contributed by atoms with Gasteiger partial charge in [-0.15, -0.1) is 11.3 Å². The summed E-state index contributed by atoms with van der Waals surface area (Å²) in [6.45, 7) is 3.01. The minimum Gasteiger partial charge on any atom is -0.326 e. The highest BCUT2D eigenvalue weighted by atomic mass is 32.1. The van der Waals surface area contributed by atoms with Gasteiger partial charge < -0.3 is 5.73 Å². The topological polar surface area (TPSA) is 29.3 Å². The van der Waals surface area contributed by atoms with Crippen LogP contribution < -0.4 is 5.73 Å². The molecule has 1 saturated carbocycles. The number of aryl methyl sites for hydroxylation is 1. The smallest absolute Gasteiger partial charge is 0.326 e. The maximum Gasteiger partial charge on any atom is 0.401 e. The predicted octanol–water partition coefficient (Wildman–Crippen LogP) is 3.86. The number of thiophene rings is 1. The van der Waals surface area contributed by atoms with Crippen LogP contribution in [0.4, 0.5) is 13.2 Å². The summed E-state index contributed by atoms with van der Waals surface area (Å²) in [6.07, 6.45) is -1.83. The molecule has 1 aromatic heterocycles. The highest BCUT2D eigenvalue weighted by Crippen LogP contribution is 2.40. The summed E-state index contributed by atoms with van der Waals surface area (Å²) < 4.78 is 38.7. The molecular weight excluding hydrogens is 285 g/mol. The molecule has 114 valence electrons. The molecule has 0 bridgehead atoms. The average Bonchev–Trinajstić information content (AvgIpc) is 3.11. The Morgan fingerprint density at radius 2 is 2.10 bits per heavy atom. The van der Waals surface area contributed by atoms with E-state index in [-0.39, 0.29) is 18.1 Å². The zero-order chi connectivity index (χ0) is 14.9. The molecule has 0 spiro atoms. The summed E-state index contributed by atoms with van der Waals surface area (Å²) in [4.78, 5) is 2.56. The molecule has 0 amide bonds. The second kappa shape index (κ2) is 6.03. The van der Waals surface area contributed by atoms with Crippen LogP contribution in [0.2, 0.25) is 0 Å². The van der Waals surface area contributed by atoms with E-state index in [0.717, 1.165) is 23.3 Å². The molecule has 1 fully saturated rings. The summed E-state index contributed by atoms with van der Waals surface area (Å²) in [6, 6.07) is 1.39. The van der Waals surface area contributed by atoms with Gasteiger partial charge in [-0.2, -0.15) is 13.2 Å². The highest BCUT2D eigenvalue weighted by Gasteiger charge is 2.43. The third-order valence-corrected chi connectivity index (χ3v) is 4.87. The van der Waals surface area contributed by atoms with Gasteiger partial charge in [0.05, 0.1) is 12.6 Å². The van der Waals surface area contributed by atoms with Crippen LogP contribution in [0.1, 0.15) is 42.7 Å². The maximum absolute atomic E-state index is 12.9. The fraction of sp³-hybridized carbons (Fsp3) is 0.714. The van der Waals surface area contributed by atoms with E-state index in [4.69, 9.17) is 5.73 Å². The van der Waals surface area contributed by atoms with Crippen LogP contribution in [-0.2, 0) is 0 Å². The van der Waals surface area contributed by atoms with Gasteiger partial charge in [0.1, 0.15) is 0 Å². The first kappa shape index (κ1) is 15.8. The van der Waals surface area contributed by atoms with Crippen molar-refractivity contribution in [2.24, 2.45) is 5.73 Å². The van der Waals surface area contributed by atoms with Gasteiger partial charge in [-0.25, -0.2) is 0 Å². The van der Waals surface area contributed by atoms with Crippen molar-refractivity contribution in [2.75, 3.05) is 6.54 Å². The molecule has 1 aromatic rings. The average molecular weight is 306 g/mol. The number of hydrogen-bond donors (Lipinski definition) is 1. The van der Waals surface area contributed by atoms with Crippen molar-refractivity contribution < 1.29 is 13.2 Å². The van der Waals surface area contributed by atoms with Gasteiger partial charge in [-0.1, -0.05) is 6.92 Å². The Kier molecular flexibility index (Phi) is 4.76. The minimum absolute atomic E-state index is 0.0284. The van der Waals surface area contributed by atoms with Crippen molar-refractivity contribution in [1.82, 2.24) is 4.90 Å². The summed E-state index contributed by atoms with van der Waals surface area (Å²) in [5, 5.41) is 1.93. The van der Waals surface area contributed by atoms with Crippen LogP contribution in [0.5, 0.6) is 0 Å². The quantitative estimate of drug-likeness (QED) is 0.864. The Labute approximate surface area is 121 Å². The van der Waals surface area contributed by atoms with Crippen LogP contribution in [0.15, 0.2) is 11.4 Å². The third-order valence-electron chi connectivity index (χ3n) is 3.78. The van der Waals surface area contributed by atoms with Gasteiger partial charge >= 0.3 is 6.18 Å². The SMILES string of the molecule is CCC(N)C(c1sccc1C)N(CC(F)(F)F)C1CC1. The molecule has 0 aliphatic heterocycles. The zero-order valence-electron chi connectivity index (χ0n) is 11.8. The van der Waals surface area contributed by atoms with Crippen LogP contribution >= 0.6 is 11.3 Å². The van der Waals surface area contributed by atoms with E-state index in [1.54, 1.807) is 4.90 Å². The van der Waals surface area contributed by atoms with Crippen molar-refractivity contribution in [2.45, 2.75) is 57.4 Å². The van der Waals surface area contributed by atoms with E-state index >= 15 is 0 Å². The summed E-state index contributed by atoms with van der Waals surface area (Å²) >= 11 is 1.51. The van der Waals surface area contributed by atoms with E-state index in [1.165, 1.54) is 11.3 Å². The van der Waals surface area contributed by atoms with E-state index < -0.39 is 12.7 Å². The monoisotopic (exact) mass is 306 g/mol. The number of hydrogen-bond acceptors (Lipinski definition) is 3. The molecule has 2 nitrogen and oxygen atoms in total. The molecule has 0 aromatic carbocycles. The molecule has 20 heavy (non-hydrogen) atoms. The standard InChI is InChI=1S/C14H21F3N2S/c1-3-11(18)12(13-9(2)6-7-20-13)19(10-4-5-10)8-14(15,16)17/h6-7,10-12H,3-5,8,18H2,1-2H3. The molecule has 0 saturated heterocycles. The fourth-order valence-corrected chi connectivity index (χ4v) is 3.69.